The number of carbonyl (C=O) groups is 1. The lowest BCUT2D eigenvalue weighted by molar-refractivity contribution is -0.119. The average molecular weight is 321 g/mol. The summed E-state index contributed by atoms with van der Waals surface area (Å²) in [6.07, 6.45) is 4.81. The highest BCUT2D eigenvalue weighted by Crippen LogP contribution is 2.23. The Hall–Kier alpha value is -2.66. The SMILES string of the molecule is Cc1cccn2cc(-c3ccc(NC(=O)C4CCOC4)cc3)nc12. The Morgan fingerprint density at radius 2 is 2.12 bits per heavy atom. The first kappa shape index (κ1) is 14.9. The average Bonchev–Trinajstić information content (AvgIpc) is 3.26. The number of imidazole rings is 1. The topological polar surface area (TPSA) is 55.6 Å². The Morgan fingerprint density at radius 1 is 1.29 bits per heavy atom. The number of nitrogens with zero attached hydrogens (tertiary/aromatic N) is 2. The van der Waals surface area contributed by atoms with Crippen LogP contribution < -0.4 is 5.32 Å². The van der Waals surface area contributed by atoms with Crippen LogP contribution in [0.1, 0.15) is 12.0 Å². The summed E-state index contributed by atoms with van der Waals surface area (Å²) < 4.78 is 7.29. The summed E-state index contributed by atoms with van der Waals surface area (Å²) in [5.41, 5.74) is 4.86. The minimum atomic E-state index is -0.0360. The Balaban J connectivity index is 1.54. The largest absolute Gasteiger partial charge is 0.381 e. The van der Waals surface area contributed by atoms with Crippen molar-refractivity contribution >= 4 is 17.2 Å². The van der Waals surface area contributed by atoms with E-state index < -0.39 is 0 Å². The number of benzene rings is 1. The fourth-order valence-corrected chi connectivity index (χ4v) is 3.00. The van der Waals surface area contributed by atoms with E-state index in [-0.39, 0.29) is 11.8 Å². The number of hydrogen-bond donors (Lipinski definition) is 1. The minimum Gasteiger partial charge on any atom is -0.381 e. The first-order valence-corrected chi connectivity index (χ1v) is 8.14. The lowest BCUT2D eigenvalue weighted by Gasteiger charge is -2.09. The number of rotatable bonds is 3. The van der Waals surface area contributed by atoms with E-state index >= 15 is 0 Å². The van der Waals surface area contributed by atoms with Gasteiger partial charge in [-0.3, -0.25) is 4.79 Å². The van der Waals surface area contributed by atoms with E-state index in [0.29, 0.717) is 13.2 Å². The molecule has 1 atom stereocenters. The first-order chi connectivity index (χ1) is 11.7. The smallest absolute Gasteiger partial charge is 0.229 e. The first-order valence-electron chi connectivity index (χ1n) is 8.14. The predicted molar refractivity (Wildman–Crippen MR) is 92.9 cm³/mol. The van der Waals surface area contributed by atoms with E-state index in [2.05, 4.69) is 18.3 Å². The predicted octanol–water partition coefficient (Wildman–Crippen LogP) is 3.28. The zero-order valence-corrected chi connectivity index (χ0v) is 13.5. The van der Waals surface area contributed by atoms with Crippen molar-refractivity contribution in [2.45, 2.75) is 13.3 Å². The van der Waals surface area contributed by atoms with Gasteiger partial charge in [0.05, 0.1) is 18.2 Å². The van der Waals surface area contributed by atoms with Crippen LogP contribution in [0.4, 0.5) is 5.69 Å². The molecule has 3 aromatic rings. The highest BCUT2D eigenvalue weighted by atomic mass is 16.5. The molecule has 0 bridgehead atoms. The van der Waals surface area contributed by atoms with Crippen molar-refractivity contribution in [1.82, 2.24) is 9.38 Å². The second-order valence-corrected chi connectivity index (χ2v) is 6.18. The van der Waals surface area contributed by atoms with Gasteiger partial charge in [0.2, 0.25) is 5.91 Å². The maximum absolute atomic E-state index is 12.1. The molecule has 4 rings (SSSR count). The summed E-state index contributed by atoms with van der Waals surface area (Å²) in [4.78, 5) is 16.8. The number of ether oxygens (including phenoxy) is 1. The molecule has 122 valence electrons. The van der Waals surface area contributed by atoms with Crippen LogP contribution in [0.15, 0.2) is 48.8 Å². The van der Waals surface area contributed by atoms with Gasteiger partial charge in [0, 0.05) is 30.3 Å². The maximum Gasteiger partial charge on any atom is 0.229 e. The molecule has 0 radical (unpaired) electrons. The van der Waals surface area contributed by atoms with Gasteiger partial charge < -0.3 is 14.5 Å². The van der Waals surface area contributed by atoms with Crippen LogP contribution >= 0.6 is 0 Å². The summed E-state index contributed by atoms with van der Waals surface area (Å²) >= 11 is 0. The van der Waals surface area contributed by atoms with Crippen molar-refractivity contribution in [2.75, 3.05) is 18.5 Å². The van der Waals surface area contributed by atoms with Gasteiger partial charge in [-0.25, -0.2) is 4.98 Å². The summed E-state index contributed by atoms with van der Waals surface area (Å²) in [6.45, 7) is 3.24. The molecule has 5 heteroatoms. The molecule has 3 heterocycles. The van der Waals surface area contributed by atoms with Gasteiger partial charge in [-0.05, 0) is 37.1 Å². The maximum atomic E-state index is 12.1. The molecule has 0 spiro atoms. The lowest BCUT2D eigenvalue weighted by atomic mass is 10.1. The molecule has 1 fully saturated rings. The van der Waals surface area contributed by atoms with E-state index in [1.54, 1.807) is 0 Å². The molecule has 5 nitrogen and oxygen atoms in total. The van der Waals surface area contributed by atoms with Gasteiger partial charge in [-0.2, -0.15) is 0 Å². The van der Waals surface area contributed by atoms with Gasteiger partial charge in [-0.1, -0.05) is 18.2 Å². The quantitative estimate of drug-likeness (QED) is 0.805. The third-order valence-corrected chi connectivity index (χ3v) is 4.43. The van der Waals surface area contributed by atoms with Crippen LogP contribution in [0.5, 0.6) is 0 Å². The van der Waals surface area contributed by atoms with Crippen molar-refractivity contribution in [3.63, 3.8) is 0 Å². The number of hydrogen-bond acceptors (Lipinski definition) is 3. The van der Waals surface area contributed by atoms with Crippen LogP contribution in [0.3, 0.4) is 0 Å². The normalized spacial score (nSPS) is 17.3. The monoisotopic (exact) mass is 321 g/mol. The Labute approximate surface area is 140 Å². The molecule has 0 aliphatic carbocycles. The minimum absolute atomic E-state index is 0.0311. The molecule has 0 saturated carbocycles. The van der Waals surface area contributed by atoms with E-state index in [9.17, 15) is 4.79 Å². The van der Waals surface area contributed by atoms with Crippen LogP contribution in [-0.4, -0.2) is 28.5 Å². The highest BCUT2D eigenvalue weighted by molar-refractivity contribution is 5.93. The number of pyridine rings is 1. The molecule has 1 amide bonds. The Bertz CT molecular complexity index is 877. The van der Waals surface area contributed by atoms with Crippen molar-refractivity contribution in [3.05, 3.63) is 54.4 Å². The molecule has 24 heavy (non-hydrogen) atoms. The second-order valence-electron chi connectivity index (χ2n) is 6.18. The summed E-state index contributed by atoms with van der Waals surface area (Å²) in [6, 6.07) is 11.9. The van der Waals surface area contributed by atoms with Gasteiger partial charge in [0.25, 0.3) is 0 Å². The molecular weight excluding hydrogens is 302 g/mol. The second kappa shape index (κ2) is 6.09. The molecular formula is C19H19N3O2. The van der Waals surface area contributed by atoms with Gasteiger partial charge in [0.15, 0.2) is 0 Å². The summed E-state index contributed by atoms with van der Waals surface area (Å²) in [7, 11) is 0. The van der Waals surface area contributed by atoms with Crippen molar-refractivity contribution < 1.29 is 9.53 Å². The van der Waals surface area contributed by atoms with Crippen LogP contribution in [0.2, 0.25) is 0 Å². The highest BCUT2D eigenvalue weighted by Gasteiger charge is 2.23. The molecule has 1 N–H and O–H groups in total. The van der Waals surface area contributed by atoms with Crippen molar-refractivity contribution in [2.24, 2.45) is 5.92 Å². The number of nitrogens with one attached hydrogen (secondary N) is 1. The number of carbonyl (C=O) groups excluding carboxylic acids is 1. The van der Waals surface area contributed by atoms with Crippen molar-refractivity contribution in [3.8, 4) is 11.3 Å². The van der Waals surface area contributed by atoms with E-state index in [1.165, 1.54) is 0 Å². The number of amides is 1. The van der Waals surface area contributed by atoms with E-state index in [4.69, 9.17) is 9.72 Å². The Kier molecular flexibility index (Phi) is 3.78. The molecule has 1 aliphatic heterocycles. The number of anilines is 1. The zero-order valence-electron chi connectivity index (χ0n) is 13.5. The van der Waals surface area contributed by atoms with Crippen LogP contribution in [0, 0.1) is 12.8 Å². The molecule has 1 saturated heterocycles. The standard InChI is InChI=1S/C19H19N3O2/c1-13-3-2-9-22-11-17(21-18(13)22)14-4-6-16(7-5-14)20-19(23)15-8-10-24-12-15/h2-7,9,11,15H,8,10,12H2,1H3,(H,20,23). The molecule has 1 unspecified atom stereocenters. The van der Waals surface area contributed by atoms with Gasteiger partial charge in [-0.15, -0.1) is 0 Å². The van der Waals surface area contributed by atoms with Crippen LogP contribution in [-0.2, 0) is 9.53 Å². The number of aromatic nitrogens is 2. The van der Waals surface area contributed by atoms with Gasteiger partial charge in [0.1, 0.15) is 5.65 Å². The lowest BCUT2D eigenvalue weighted by Crippen LogP contribution is -2.22. The summed E-state index contributed by atoms with van der Waals surface area (Å²) in [5, 5.41) is 2.95. The van der Waals surface area contributed by atoms with E-state index in [0.717, 1.165) is 34.6 Å². The summed E-state index contributed by atoms with van der Waals surface area (Å²) in [5.74, 6) is -0.00491. The fraction of sp³-hybridized carbons (Fsp3) is 0.263. The van der Waals surface area contributed by atoms with Crippen molar-refractivity contribution in [1.29, 1.82) is 0 Å². The third-order valence-electron chi connectivity index (χ3n) is 4.43. The molecule has 1 aliphatic rings. The number of aryl methyl sites for hydroxylation is 1. The zero-order chi connectivity index (χ0) is 16.5. The van der Waals surface area contributed by atoms with Crippen LogP contribution in [0.25, 0.3) is 16.9 Å². The third kappa shape index (κ3) is 2.78. The number of fused-ring (bicyclic) bond motifs is 1. The fourth-order valence-electron chi connectivity index (χ4n) is 3.00. The van der Waals surface area contributed by atoms with Gasteiger partial charge >= 0.3 is 0 Å². The molecule has 2 aromatic heterocycles. The van der Waals surface area contributed by atoms with E-state index in [1.807, 2.05) is 47.1 Å². The molecule has 1 aromatic carbocycles. The Morgan fingerprint density at radius 3 is 2.83 bits per heavy atom.